The van der Waals surface area contributed by atoms with Crippen LogP contribution in [0.15, 0.2) is 83.0 Å². The van der Waals surface area contributed by atoms with Gasteiger partial charge >= 0.3 is 6.18 Å². The van der Waals surface area contributed by atoms with E-state index in [1.807, 2.05) is 0 Å². The van der Waals surface area contributed by atoms with E-state index in [0.717, 1.165) is 6.08 Å². The average molecular weight is 469 g/mol. The van der Waals surface area contributed by atoms with Crippen molar-refractivity contribution in [3.8, 4) is 0 Å². The Kier molecular flexibility index (Phi) is 7.62. The Morgan fingerprint density at radius 1 is 1.15 bits per heavy atom. The van der Waals surface area contributed by atoms with Crippen molar-refractivity contribution >= 4 is 23.0 Å². The summed E-state index contributed by atoms with van der Waals surface area (Å²) in [6, 6.07) is 11.8. The van der Waals surface area contributed by atoms with E-state index in [-0.39, 0.29) is 29.4 Å². The van der Waals surface area contributed by atoms with Gasteiger partial charge in [0.2, 0.25) is 0 Å². The molecule has 1 aromatic carbocycles. The molecule has 0 saturated heterocycles. The summed E-state index contributed by atoms with van der Waals surface area (Å²) in [5.41, 5.74) is 5.74. The van der Waals surface area contributed by atoms with E-state index in [2.05, 4.69) is 15.3 Å². The fourth-order valence-electron chi connectivity index (χ4n) is 2.97. The molecule has 0 radical (unpaired) electrons. The van der Waals surface area contributed by atoms with E-state index in [4.69, 9.17) is 5.73 Å². The second-order valence-corrected chi connectivity index (χ2v) is 7.23. The van der Waals surface area contributed by atoms with Crippen LogP contribution in [0.3, 0.4) is 0 Å². The zero-order valence-corrected chi connectivity index (χ0v) is 18.2. The average Bonchev–Trinajstić information content (AvgIpc) is 2.83. The molecule has 1 amide bonds. The van der Waals surface area contributed by atoms with Crippen LogP contribution in [0.2, 0.25) is 0 Å². The number of nitrogens with zero attached hydrogens (tertiary/aromatic N) is 3. The molecule has 0 atom stereocenters. The number of alkyl halides is 3. The number of hydrogen-bond acceptors (Lipinski definition) is 5. The first-order chi connectivity index (χ1) is 16.2. The Hall–Kier alpha value is -4.21. The lowest BCUT2D eigenvalue weighted by molar-refractivity contribution is -0.0576. The molecule has 3 aromatic rings. The zero-order chi connectivity index (χ0) is 24.7. The number of allylic oxidation sites excluding steroid dienone is 1. The first kappa shape index (κ1) is 24.4. The molecule has 3 N–H and O–H groups in total. The van der Waals surface area contributed by atoms with Gasteiger partial charge in [-0.05, 0) is 48.9 Å². The van der Waals surface area contributed by atoms with E-state index in [0.29, 0.717) is 23.2 Å². The number of nitrogens with two attached hydrogens (primary N) is 1. The number of pyridine rings is 2. The fraction of sp³-hybridized carbons (Fsp3) is 0.167. The van der Waals surface area contributed by atoms with Gasteiger partial charge in [0.1, 0.15) is 5.71 Å². The summed E-state index contributed by atoms with van der Waals surface area (Å²) in [6.45, 7) is 2.37. The molecule has 176 valence electrons. The number of carbonyl (C=O) groups is 1. The Labute approximate surface area is 193 Å². The normalized spacial score (nSPS) is 12.5. The van der Waals surface area contributed by atoms with Crippen molar-refractivity contribution in [2.45, 2.75) is 26.2 Å². The van der Waals surface area contributed by atoms with Crippen molar-refractivity contribution in [1.82, 2.24) is 14.9 Å². The van der Waals surface area contributed by atoms with Crippen LogP contribution < -0.4 is 16.6 Å². The summed E-state index contributed by atoms with van der Waals surface area (Å²) in [4.78, 5) is 31.5. The number of halogens is 3. The van der Waals surface area contributed by atoms with Crippen LogP contribution in [-0.4, -0.2) is 27.3 Å². The highest BCUT2D eigenvalue weighted by molar-refractivity contribution is 6.05. The summed E-state index contributed by atoms with van der Waals surface area (Å²) in [6.07, 6.45) is 0.372. The van der Waals surface area contributed by atoms with Gasteiger partial charge in [0.15, 0.2) is 0 Å². The lowest BCUT2D eigenvalue weighted by Gasteiger charge is -2.10. The minimum atomic E-state index is -4.71. The predicted octanol–water partition coefficient (Wildman–Crippen LogP) is 3.83. The van der Waals surface area contributed by atoms with Crippen molar-refractivity contribution in [1.29, 1.82) is 0 Å². The second-order valence-electron chi connectivity index (χ2n) is 7.23. The summed E-state index contributed by atoms with van der Waals surface area (Å²) < 4.78 is 41.9. The molecule has 10 heteroatoms. The molecule has 7 nitrogen and oxygen atoms in total. The van der Waals surface area contributed by atoms with Gasteiger partial charge in [0.25, 0.3) is 11.5 Å². The fourth-order valence-corrected chi connectivity index (χ4v) is 2.97. The van der Waals surface area contributed by atoms with Crippen LogP contribution in [0.4, 0.5) is 18.9 Å². The molecule has 3 rings (SSSR count). The van der Waals surface area contributed by atoms with Crippen LogP contribution in [-0.2, 0) is 13.1 Å². The highest BCUT2D eigenvalue weighted by Gasteiger charge is 2.34. The summed E-state index contributed by atoms with van der Waals surface area (Å²) >= 11 is 0. The highest BCUT2D eigenvalue weighted by Crippen LogP contribution is 2.24. The van der Waals surface area contributed by atoms with Crippen molar-refractivity contribution in [3.05, 3.63) is 100 Å². The topological polar surface area (TPSA) is 102 Å². The summed E-state index contributed by atoms with van der Waals surface area (Å²) in [7, 11) is 0. The first-order valence-electron chi connectivity index (χ1n) is 10.3. The number of aryl methyl sites for hydroxylation is 1. The van der Waals surface area contributed by atoms with Gasteiger partial charge in [-0.1, -0.05) is 12.1 Å². The minimum absolute atomic E-state index is 0.0765. The maximum atomic E-state index is 13.5. The highest BCUT2D eigenvalue weighted by atomic mass is 19.4. The number of aliphatic imine (C=N–C) groups is 1. The van der Waals surface area contributed by atoms with Crippen LogP contribution in [0, 0.1) is 0 Å². The first-order valence-corrected chi connectivity index (χ1v) is 10.3. The number of benzene rings is 1. The van der Waals surface area contributed by atoms with Gasteiger partial charge in [-0.2, -0.15) is 13.2 Å². The molecule has 34 heavy (non-hydrogen) atoms. The van der Waals surface area contributed by atoms with Crippen molar-refractivity contribution < 1.29 is 18.0 Å². The van der Waals surface area contributed by atoms with E-state index in [1.165, 1.54) is 47.4 Å². The van der Waals surface area contributed by atoms with Gasteiger partial charge < -0.3 is 15.6 Å². The third-order valence-electron chi connectivity index (χ3n) is 4.80. The molecule has 2 aromatic heterocycles. The predicted molar refractivity (Wildman–Crippen MR) is 124 cm³/mol. The van der Waals surface area contributed by atoms with Gasteiger partial charge in [0.05, 0.1) is 11.3 Å². The standard InChI is InChI=1S/C24H22F3N5O2/c1-2-32-15-18(7-10-22(32)33)23(34)30-13-16-5-8-19(9-6-16)31-21(24(25,26)27)12-20(28)17-4-3-11-29-14-17/h3-12,14-15H,2,13,28H2,1H3,(H,30,34). The molecular weight excluding hydrogens is 447 g/mol. The second kappa shape index (κ2) is 10.6. The molecule has 2 heterocycles. The van der Waals surface area contributed by atoms with E-state index >= 15 is 0 Å². The van der Waals surface area contributed by atoms with E-state index < -0.39 is 11.9 Å². The number of hydrogen-bond donors (Lipinski definition) is 2. The molecule has 0 saturated carbocycles. The molecule has 0 aliphatic heterocycles. The molecule has 0 fully saturated rings. The number of amides is 1. The largest absolute Gasteiger partial charge is 0.433 e. The maximum absolute atomic E-state index is 13.5. The molecule has 0 spiro atoms. The number of carbonyl (C=O) groups excluding carboxylic acids is 1. The molecule has 0 bridgehead atoms. The smallest absolute Gasteiger partial charge is 0.398 e. The summed E-state index contributed by atoms with van der Waals surface area (Å²) in [5, 5.41) is 2.71. The number of rotatable bonds is 7. The van der Waals surface area contributed by atoms with Crippen LogP contribution >= 0.6 is 0 Å². The van der Waals surface area contributed by atoms with Crippen molar-refractivity contribution in [2.75, 3.05) is 0 Å². The Bertz CT molecular complexity index is 1260. The van der Waals surface area contributed by atoms with E-state index in [1.54, 1.807) is 31.2 Å². The van der Waals surface area contributed by atoms with Gasteiger partial charge in [-0.15, -0.1) is 0 Å². The SMILES string of the molecule is CCn1cc(C(=O)NCc2ccc(N=C(C=C(N)c3cccnc3)C(F)(F)F)cc2)ccc1=O. The molecule has 0 aliphatic carbocycles. The van der Waals surface area contributed by atoms with Gasteiger partial charge in [0, 0.05) is 49.0 Å². The molecule has 0 unspecified atom stereocenters. The number of aromatic nitrogens is 2. The summed E-state index contributed by atoms with van der Waals surface area (Å²) in [5.74, 6) is -0.375. The van der Waals surface area contributed by atoms with Crippen LogP contribution in [0.25, 0.3) is 5.70 Å². The third kappa shape index (κ3) is 6.41. The van der Waals surface area contributed by atoms with Crippen molar-refractivity contribution in [2.24, 2.45) is 10.7 Å². The van der Waals surface area contributed by atoms with Crippen molar-refractivity contribution in [3.63, 3.8) is 0 Å². The maximum Gasteiger partial charge on any atom is 0.433 e. The quantitative estimate of drug-likeness (QED) is 0.514. The lowest BCUT2D eigenvalue weighted by atomic mass is 10.1. The minimum Gasteiger partial charge on any atom is -0.398 e. The van der Waals surface area contributed by atoms with Crippen LogP contribution in [0.5, 0.6) is 0 Å². The number of nitrogens with one attached hydrogen (secondary N) is 1. The van der Waals surface area contributed by atoms with Gasteiger partial charge in [-0.3, -0.25) is 14.6 Å². The molecule has 0 aliphatic rings. The van der Waals surface area contributed by atoms with Gasteiger partial charge in [-0.25, -0.2) is 4.99 Å². The monoisotopic (exact) mass is 469 g/mol. The third-order valence-corrected chi connectivity index (χ3v) is 4.80. The Balaban J connectivity index is 1.73. The Morgan fingerprint density at radius 3 is 2.50 bits per heavy atom. The zero-order valence-electron chi connectivity index (χ0n) is 18.2. The van der Waals surface area contributed by atoms with Crippen LogP contribution in [0.1, 0.15) is 28.4 Å². The Morgan fingerprint density at radius 2 is 1.88 bits per heavy atom. The molecular formula is C24H22F3N5O2. The van der Waals surface area contributed by atoms with E-state index in [9.17, 15) is 22.8 Å². The lowest BCUT2D eigenvalue weighted by Crippen LogP contribution is -2.26.